The van der Waals surface area contributed by atoms with Gasteiger partial charge in [0, 0.05) is 31.8 Å². The Balaban J connectivity index is 0.000000447. The molecule has 1 aromatic rings. The molecule has 1 fully saturated rings. The molecule has 2 rings (SSSR count). The Morgan fingerprint density at radius 1 is 1.28 bits per heavy atom. The highest BCUT2D eigenvalue weighted by molar-refractivity contribution is 6.99. The van der Waals surface area contributed by atoms with Gasteiger partial charge in [0.05, 0.1) is 24.9 Å². The van der Waals surface area contributed by atoms with Gasteiger partial charge >= 0.3 is 11.9 Å². The minimum Gasteiger partial charge on any atom is -0.478 e. The smallest absolute Gasteiger partial charge is 0.328 e. The number of rotatable bonds is 11. The van der Waals surface area contributed by atoms with E-state index in [0.29, 0.717) is 37.8 Å². The van der Waals surface area contributed by atoms with Gasteiger partial charge in [0.1, 0.15) is 12.7 Å². The van der Waals surface area contributed by atoms with E-state index in [0.717, 1.165) is 50.0 Å². The number of carboxylic acids is 2. The van der Waals surface area contributed by atoms with E-state index in [-0.39, 0.29) is 6.61 Å². The summed E-state index contributed by atoms with van der Waals surface area (Å²) in [5, 5.41) is 28.7. The number of nitrogens with one attached hydrogen (secondary N) is 1. The number of aliphatic hydroxyl groups excluding tert-OH is 1. The Labute approximate surface area is 173 Å². The number of nitrogens with zero attached hydrogens (tertiary/aromatic N) is 3. The third-order valence-corrected chi connectivity index (χ3v) is 4.12. The van der Waals surface area contributed by atoms with Crippen molar-refractivity contribution in [3.63, 3.8) is 0 Å². The van der Waals surface area contributed by atoms with Gasteiger partial charge in [-0.2, -0.15) is 4.37 Å². The van der Waals surface area contributed by atoms with Crippen molar-refractivity contribution in [2.24, 2.45) is 0 Å². The van der Waals surface area contributed by atoms with Crippen molar-refractivity contribution in [1.82, 2.24) is 14.1 Å². The molecule has 1 atom stereocenters. The van der Waals surface area contributed by atoms with Gasteiger partial charge in [-0.05, 0) is 13.0 Å². The van der Waals surface area contributed by atoms with E-state index in [2.05, 4.69) is 25.9 Å². The molecule has 1 aliphatic rings. The summed E-state index contributed by atoms with van der Waals surface area (Å²) >= 11 is 1.13. The summed E-state index contributed by atoms with van der Waals surface area (Å²) in [5.41, 5.74) is 0. The molecule has 29 heavy (non-hydrogen) atoms. The van der Waals surface area contributed by atoms with Gasteiger partial charge in [0.15, 0.2) is 0 Å². The van der Waals surface area contributed by atoms with Crippen LogP contribution in [0.25, 0.3) is 0 Å². The lowest BCUT2D eigenvalue weighted by atomic mass is 10.3. The number of anilines is 1. The Bertz CT molecular complexity index is 619. The molecule has 12 heteroatoms. The summed E-state index contributed by atoms with van der Waals surface area (Å²) in [5.74, 6) is -1.25. The topological polar surface area (TPSA) is 154 Å². The van der Waals surface area contributed by atoms with Crippen molar-refractivity contribution in [3.05, 3.63) is 12.2 Å². The van der Waals surface area contributed by atoms with E-state index in [1.165, 1.54) is 0 Å². The number of morpholine rings is 1. The predicted octanol–water partition coefficient (Wildman–Crippen LogP) is 0.216. The van der Waals surface area contributed by atoms with E-state index >= 15 is 0 Å². The average Bonchev–Trinajstić information content (AvgIpc) is 3.18. The van der Waals surface area contributed by atoms with Crippen LogP contribution in [0.2, 0.25) is 0 Å². The molecule has 164 valence electrons. The molecular weight excluding hydrogens is 404 g/mol. The van der Waals surface area contributed by atoms with Gasteiger partial charge in [-0.25, -0.2) is 9.59 Å². The number of carbonyl (C=O) groups is 2. The van der Waals surface area contributed by atoms with E-state index in [9.17, 15) is 14.7 Å². The molecule has 0 amide bonds. The lowest BCUT2D eigenvalue weighted by molar-refractivity contribution is -0.134. The fourth-order valence-electron chi connectivity index (χ4n) is 2.18. The molecule has 0 saturated carbocycles. The standard InChI is InChI=1S/C13H24N4O3S.C4H4O4/c1-2-3-4-14-9-11(18)10-20-13-12(15-21-16-13)17-5-7-19-8-6-17;5-3(6)1-2-4(7)8/h11,14,18H,2-10H2,1H3;1-2H,(H,5,6)(H,7,8). The SMILES string of the molecule is CCCCNCC(O)COc1nsnc1N1CCOCC1.O=C(O)C=CC(=O)O. The van der Waals surface area contributed by atoms with E-state index in [1.807, 2.05) is 0 Å². The highest BCUT2D eigenvalue weighted by atomic mass is 32.1. The predicted molar refractivity (Wildman–Crippen MR) is 107 cm³/mol. The number of hydrogen-bond donors (Lipinski definition) is 4. The van der Waals surface area contributed by atoms with Crippen LogP contribution in [0, 0.1) is 0 Å². The molecule has 0 aromatic carbocycles. The summed E-state index contributed by atoms with van der Waals surface area (Å²) in [6.07, 6.45) is 2.84. The van der Waals surface area contributed by atoms with Crippen LogP contribution in [0.15, 0.2) is 12.2 Å². The van der Waals surface area contributed by atoms with Gasteiger partial charge in [-0.3, -0.25) is 0 Å². The zero-order valence-corrected chi connectivity index (χ0v) is 17.1. The van der Waals surface area contributed by atoms with Crippen LogP contribution in [-0.4, -0.2) is 88.1 Å². The summed E-state index contributed by atoms with van der Waals surface area (Å²) < 4.78 is 19.4. The van der Waals surface area contributed by atoms with Gasteiger partial charge in [0.2, 0.25) is 5.82 Å². The second-order valence-corrected chi connectivity index (χ2v) is 6.55. The average molecular weight is 432 g/mol. The van der Waals surface area contributed by atoms with Crippen molar-refractivity contribution in [2.75, 3.05) is 50.9 Å². The first-order valence-electron chi connectivity index (χ1n) is 9.24. The fraction of sp³-hybridized carbons (Fsp3) is 0.647. The lowest BCUT2D eigenvalue weighted by Crippen LogP contribution is -2.37. The summed E-state index contributed by atoms with van der Waals surface area (Å²) in [7, 11) is 0. The zero-order valence-electron chi connectivity index (χ0n) is 16.3. The quantitative estimate of drug-likeness (QED) is 0.280. The number of carboxylic acid groups (broad SMARTS) is 2. The number of aromatic nitrogens is 2. The summed E-state index contributed by atoms with van der Waals surface area (Å²) in [4.78, 5) is 21.2. The Morgan fingerprint density at radius 2 is 1.93 bits per heavy atom. The van der Waals surface area contributed by atoms with E-state index in [1.54, 1.807) is 0 Å². The maximum atomic E-state index is 9.88. The van der Waals surface area contributed by atoms with E-state index in [4.69, 9.17) is 19.7 Å². The lowest BCUT2D eigenvalue weighted by Gasteiger charge is -2.26. The number of ether oxygens (including phenoxy) is 2. The summed E-state index contributed by atoms with van der Waals surface area (Å²) in [6.45, 7) is 6.80. The van der Waals surface area contributed by atoms with Crippen LogP contribution >= 0.6 is 11.7 Å². The van der Waals surface area contributed by atoms with Gasteiger partial charge in [-0.1, -0.05) is 13.3 Å². The normalized spacial score (nSPS) is 14.9. The molecule has 0 aliphatic carbocycles. The van der Waals surface area contributed by atoms with E-state index < -0.39 is 18.0 Å². The van der Waals surface area contributed by atoms with Crippen LogP contribution in [0.1, 0.15) is 19.8 Å². The fourth-order valence-corrected chi connectivity index (χ4v) is 2.70. The first kappa shape index (κ1) is 24.8. The van der Waals surface area contributed by atoms with Gasteiger partial charge in [-0.15, -0.1) is 4.37 Å². The number of aliphatic hydroxyl groups is 1. The monoisotopic (exact) mass is 432 g/mol. The third kappa shape index (κ3) is 11.3. The summed E-state index contributed by atoms with van der Waals surface area (Å²) in [6, 6.07) is 0. The maximum absolute atomic E-state index is 9.88. The van der Waals surface area contributed by atoms with Crippen molar-refractivity contribution in [3.8, 4) is 5.88 Å². The van der Waals surface area contributed by atoms with Crippen LogP contribution in [0.5, 0.6) is 5.88 Å². The third-order valence-electron chi connectivity index (χ3n) is 3.62. The number of aliphatic carboxylic acids is 2. The minimum absolute atomic E-state index is 0.224. The molecule has 0 radical (unpaired) electrons. The van der Waals surface area contributed by atoms with Crippen molar-refractivity contribution in [1.29, 1.82) is 0 Å². The molecular formula is C17H28N4O7S. The highest BCUT2D eigenvalue weighted by Crippen LogP contribution is 2.26. The van der Waals surface area contributed by atoms with Crippen LogP contribution in [0.3, 0.4) is 0 Å². The van der Waals surface area contributed by atoms with Crippen molar-refractivity contribution < 1.29 is 34.4 Å². The number of hydrogen-bond acceptors (Lipinski definition) is 10. The number of unbranched alkanes of at least 4 members (excludes halogenated alkanes) is 1. The Hall–Kier alpha value is -2.28. The second-order valence-electron chi connectivity index (χ2n) is 6.02. The maximum Gasteiger partial charge on any atom is 0.328 e. The van der Waals surface area contributed by atoms with Crippen LogP contribution in [0.4, 0.5) is 5.82 Å². The molecule has 1 saturated heterocycles. The van der Waals surface area contributed by atoms with Gasteiger partial charge in [0.25, 0.3) is 5.88 Å². The molecule has 1 aliphatic heterocycles. The van der Waals surface area contributed by atoms with Crippen LogP contribution in [-0.2, 0) is 14.3 Å². The molecule has 0 spiro atoms. The van der Waals surface area contributed by atoms with Crippen molar-refractivity contribution in [2.45, 2.75) is 25.9 Å². The molecule has 0 bridgehead atoms. The molecule has 11 nitrogen and oxygen atoms in total. The van der Waals surface area contributed by atoms with Gasteiger partial charge < -0.3 is 35.0 Å². The Morgan fingerprint density at radius 3 is 2.52 bits per heavy atom. The molecule has 4 N–H and O–H groups in total. The molecule has 2 heterocycles. The first-order valence-corrected chi connectivity index (χ1v) is 9.97. The highest BCUT2D eigenvalue weighted by Gasteiger charge is 2.20. The molecule has 1 unspecified atom stereocenters. The zero-order chi connectivity index (χ0) is 21.5. The Kier molecular flexibility index (Phi) is 12.5. The largest absolute Gasteiger partial charge is 0.478 e. The second kappa shape index (κ2) is 14.7. The van der Waals surface area contributed by atoms with Crippen molar-refractivity contribution >= 4 is 29.5 Å². The molecule has 1 aromatic heterocycles. The minimum atomic E-state index is -1.26. The first-order chi connectivity index (χ1) is 13.9. The van der Waals surface area contributed by atoms with Crippen LogP contribution < -0.4 is 15.0 Å².